The minimum Gasteiger partial charge on any atom is -0.329 e. The molecule has 1 aromatic carbocycles. The lowest BCUT2D eigenvalue weighted by molar-refractivity contribution is -0.137. The summed E-state index contributed by atoms with van der Waals surface area (Å²) in [5.74, 6) is -0.518. The van der Waals surface area contributed by atoms with Gasteiger partial charge < -0.3 is 11.1 Å². The summed E-state index contributed by atoms with van der Waals surface area (Å²) in [6, 6.07) is 3.59. The van der Waals surface area contributed by atoms with E-state index >= 15 is 0 Å². The van der Waals surface area contributed by atoms with Gasteiger partial charge in [0, 0.05) is 11.0 Å². The Balaban J connectivity index is 3.13. The quantitative estimate of drug-likeness (QED) is 0.866. The molecule has 0 radical (unpaired) electrons. The first kappa shape index (κ1) is 17.0. The van der Waals surface area contributed by atoms with Crippen LogP contribution in [-0.4, -0.2) is 12.5 Å². The van der Waals surface area contributed by atoms with Crippen LogP contribution < -0.4 is 11.1 Å². The molecule has 0 aromatic heterocycles. The number of hydrogen-bond acceptors (Lipinski definition) is 2. The van der Waals surface area contributed by atoms with Crippen LogP contribution in [0, 0.1) is 5.41 Å². The molecule has 0 fully saturated rings. The van der Waals surface area contributed by atoms with Crippen LogP contribution in [0.3, 0.4) is 0 Å². The van der Waals surface area contributed by atoms with Crippen molar-refractivity contribution in [2.75, 3.05) is 11.9 Å². The Bertz CT molecular complexity index is 499. The Labute approximate surface area is 123 Å². The Kier molecular flexibility index (Phi) is 5.21. The van der Waals surface area contributed by atoms with E-state index < -0.39 is 23.1 Å². The van der Waals surface area contributed by atoms with Crippen LogP contribution in [0.25, 0.3) is 0 Å². The van der Waals surface area contributed by atoms with Gasteiger partial charge in [-0.15, -0.1) is 0 Å². The molecule has 0 heterocycles. The maximum absolute atomic E-state index is 12.9. The van der Waals surface area contributed by atoms with Crippen LogP contribution in [0.2, 0.25) is 0 Å². The number of anilines is 1. The third-order valence-corrected chi connectivity index (χ3v) is 3.81. The number of carbonyl (C=O) groups is 1. The molecule has 3 nitrogen and oxygen atoms in total. The van der Waals surface area contributed by atoms with Crippen LogP contribution in [0.4, 0.5) is 18.9 Å². The van der Waals surface area contributed by atoms with Crippen molar-refractivity contribution >= 4 is 27.5 Å². The summed E-state index contributed by atoms with van der Waals surface area (Å²) < 4.78 is 39.1. The highest BCUT2D eigenvalue weighted by molar-refractivity contribution is 9.10. The Morgan fingerprint density at radius 2 is 2.00 bits per heavy atom. The fourth-order valence-electron chi connectivity index (χ4n) is 1.53. The van der Waals surface area contributed by atoms with E-state index in [1.165, 1.54) is 12.1 Å². The normalized spacial score (nSPS) is 14.8. The second-order valence-electron chi connectivity index (χ2n) is 4.76. The summed E-state index contributed by atoms with van der Waals surface area (Å²) in [5, 5.41) is 2.33. The summed E-state index contributed by atoms with van der Waals surface area (Å²) in [6.07, 6.45) is -4.11. The van der Waals surface area contributed by atoms with Gasteiger partial charge in [0.2, 0.25) is 5.91 Å². The largest absolute Gasteiger partial charge is 0.418 e. The van der Waals surface area contributed by atoms with Gasteiger partial charge in [0.1, 0.15) is 0 Å². The zero-order valence-corrected chi connectivity index (χ0v) is 12.7. The summed E-state index contributed by atoms with van der Waals surface area (Å²) in [6.45, 7) is 3.44. The van der Waals surface area contributed by atoms with E-state index in [0.717, 1.165) is 6.07 Å². The first-order chi connectivity index (χ1) is 9.14. The Morgan fingerprint density at radius 3 is 2.45 bits per heavy atom. The monoisotopic (exact) mass is 352 g/mol. The lowest BCUT2D eigenvalue weighted by atomic mass is 9.86. The SMILES string of the molecule is CCC(C)(CN)C(=O)Nc1ccc(Br)cc1C(F)(F)F. The molecule has 0 saturated heterocycles. The number of rotatable bonds is 4. The van der Waals surface area contributed by atoms with Gasteiger partial charge >= 0.3 is 6.18 Å². The average molecular weight is 353 g/mol. The van der Waals surface area contributed by atoms with Crippen molar-refractivity contribution in [3.63, 3.8) is 0 Å². The molecule has 1 rings (SSSR count). The lowest BCUT2D eigenvalue weighted by Gasteiger charge is -2.26. The van der Waals surface area contributed by atoms with Crippen LogP contribution in [0.1, 0.15) is 25.8 Å². The first-order valence-corrected chi connectivity index (χ1v) is 6.81. The number of carbonyl (C=O) groups excluding carboxylic acids is 1. The van der Waals surface area contributed by atoms with Gasteiger partial charge in [0.05, 0.1) is 16.7 Å². The number of nitrogens with two attached hydrogens (primary N) is 1. The van der Waals surface area contributed by atoms with Gasteiger partial charge in [-0.1, -0.05) is 22.9 Å². The minimum absolute atomic E-state index is 0.0627. The standard InChI is InChI=1S/C13H16BrF3N2O/c1-3-12(2,7-18)11(20)19-10-5-4-8(14)6-9(10)13(15,16)17/h4-6H,3,7,18H2,1-2H3,(H,19,20). The zero-order chi connectivity index (χ0) is 15.6. The van der Waals surface area contributed by atoms with Crippen LogP contribution in [0.15, 0.2) is 22.7 Å². The van der Waals surface area contributed by atoms with Crippen LogP contribution >= 0.6 is 15.9 Å². The van der Waals surface area contributed by atoms with E-state index in [-0.39, 0.29) is 12.2 Å². The van der Waals surface area contributed by atoms with Crippen molar-refractivity contribution in [3.8, 4) is 0 Å². The molecule has 1 amide bonds. The van der Waals surface area contributed by atoms with Gasteiger partial charge in [0.25, 0.3) is 0 Å². The molecule has 7 heteroatoms. The summed E-state index contributed by atoms with van der Waals surface area (Å²) in [4.78, 5) is 12.1. The number of halogens is 4. The Morgan fingerprint density at radius 1 is 1.40 bits per heavy atom. The number of benzene rings is 1. The molecule has 0 aliphatic heterocycles. The molecule has 0 spiro atoms. The fraction of sp³-hybridized carbons (Fsp3) is 0.462. The second-order valence-corrected chi connectivity index (χ2v) is 5.68. The highest BCUT2D eigenvalue weighted by atomic mass is 79.9. The fourth-order valence-corrected chi connectivity index (χ4v) is 1.89. The molecular formula is C13H16BrF3N2O. The van der Waals surface area contributed by atoms with E-state index in [9.17, 15) is 18.0 Å². The highest BCUT2D eigenvalue weighted by Gasteiger charge is 2.36. The molecule has 1 atom stereocenters. The van der Waals surface area contributed by atoms with Crippen molar-refractivity contribution < 1.29 is 18.0 Å². The summed E-state index contributed by atoms with van der Waals surface area (Å²) >= 11 is 2.99. The van der Waals surface area contributed by atoms with E-state index in [1.54, 1.807) is 13.8 Å². The van der Waals surface area contributed by atoms with Crippen molar-refractivity contribution in [1.29, 1.82) is 0 Å². The summed E-state index contributed by atoms with van der Waals surface area (Å²) in [5.41, 5.74) is 3.48. The molecule has 0 aliphatic rings. The maximum atomic E-state index is 12.9. The van der Waals surface area contributed by atoms with Crippen LogP contribution in [0.5, 0.6) is 0 Å². The Hall–Kier alpha value is -1.08. The smallest absolute Gasteiger partial charge is 0.329 e. The minimum atomic E-state index is -4.54. The summed E-state index contributed by atoms with van der Waals surface area (Å²) in [7, 11) is 0. The van der Waals surface area contributed by atoms with Gasteiger partial charge in [-0.25, -0.2) is 0 Å². The lowest BCUT2D eigenvalue weighted by Crippen LogP contribution is -2.39. The van der Waals surface area contributed by atoms with Crippen molar-refractivity contribution in [2.45, 2.75) is 26.4 Å². The number of alkyl halides is 3. The number of nitrogens with one attached hydrogen (secondary N) is 1. The van der Waals surface area contributed by atoms with E-state index in [4.69, 9.17) is 5.73 Å². The first-order valence-electron chi connectivity index (χ1n) is 6.02. The molecule has 1 unspecified atom stereocenters. The third kappa shape index (κ3) is 3.73. The maximum Gasteiger partial charge on any atom is 0.418 e. The number of amides is 1. The number of hydrogen-bond donors (Lipinski definition) is 2. The molecule has 0 bridgehead atoms. The molecule has 0 aliphatic carbocycles. The van der Waals surface area contributed by atoms with Gasteiger partial charge in [-0.2, -0.15) is 13.2 Å². The van der Waals surface area contributed by atoms with E-state index in [1.807, 2.05) is 0 Å². The molecule has 0 saturated carbocycles. The molecular weight excluding hydrogens is 337 g/mol. The molecule has 3 N–H and O–H groups in total. The second kappa shape index (κ2) is 6.13. The van der Waals surface area contributed by atoms with Crippen LogP contribution in [-0.2, 0) is 11.0 Å². The van der Waals surface area contributed by atoms with Gasteiger partial charge in [-0.3, -0.25) is 4.79 Å². The van der Waals surface area contributed by atoms with Gasteiger partial charge in [-0.05, 0) is 31.5 Å². The molecule has 20 heavy (non-hydrogen) atoms. The van der Waals surface area contributed by atoms with Crippen molar-refractivity contribution in [2.24, 2.45) is 11.1 Å². The van der Waals surface area contributed by atoms with Crippen molar-refractivity contribution in [3.05, 3.63) is 28.2 Å². The highest BCUT2D eigenvalue weighted by Crippen LogP contribution is 2.37. The topological polar surface area (TPSA) is 55.1 Å². The predicted octanol–water partition coefficient (Wildman–Crippen LogP) is 3.78. The average Bonchev–Trinajstić information content (AvgIpc) is 2.38. The van der Waals surface area contributed by atoms with Crippen molar-refractivity contribution in [1.82, 2.24) is 0 Å². The predicted molar refractivity (Wildman–Crippen MR) is 75.2 cm³/mol. The van der Waals surface area contributed by atoms with E-state index in [0.29, 0.717) is 10.9 Å². The molecule has 1 aromatic rings. The van der Waals surface area contributed by atoms with Gasteiger partial charge in [0.15, 0.2) is 0 Å². The molecule has 112 valence electrons. The zero-order valence-electron chi connectivity index (χ0n) is 11.1. The van der Waals surface area contributed by atoms with E-state index in [2.05, 4.69) is 21.2 Å². The third-order valence-electron chi connectivity index (χ3n) is 3.31.